The maximum atomic E-state index is 12.6. The third-order valence-electron chi connectivity index (χ3n) is 4.10. The molecule has 0 radical (unpaired) electrons. The van der Waals surface area contributed by atoms with E-state index >= 15 is 0 Å². The Bertz CT molecular complexity index is 632. The van der Waals surface area contributed by atoms with Gasteiger partial charge in [0.05, 0.1) is 18.1 Å². The topological polar surface area (TPSA) is 76.7 Å². The number of hydrogen-bond donors (Lipinski definition) is 2. The molecular formula is C15H22N2O4S. The van der Waals surface area contributed by atoms with E-state index in [2.05, 4.69) is 10.0 Å². The third kappa shape index (κ3) is 3.37. The fourth-order valence-electron chi connectivity index (χ4n) is 2.78. The van der Waals surface area contributed by atoms with Gasteiger partial charge in [-0.05, 0) is 38.4 Å². The summed E-state index contributed by atoms with van der Waals surface area (Å²) in [4.78, 5) is 0.217. The van der Waals surface area contributed by atoms with Crippen molar-refractivity contribution in [2.45, 2.75) is 43.2 Å². The van der Waals surface area contributed by atoms with Crippen molar-refractivity contribution in [3.8, 4) is 11.5 Å². The van der Waals surface area contributed by atoms with E-state index in [0.29, 0.717) is 24.7 Å². The minimum atomic E-state index is -3.56. The van der Waals surface area contributed by atoms with Crippen LogP contribution in [0.15, 0.2) is 23.1 Å². The highest BCUT2D eigenvalue weighted by Crippen LogP contribution is 2.32. The zero-order valence-corrected chi connectivity index (χ0v) is 13.5. The molecule has 2 heterocycles. The van der Waals surface area contributed by atoms with Gasteiger partial charge in [0.1, 0.15) is 0 Å². The summed E-state index contributed by atoms with van der Waals surface area (Å²) >= 11 is 0. The molecule has 0 bridgehead atoms. The molecule has 1 fully saturated rings. The van der Waals surface area contributed by atoms with Crippen LogP contribution in [0.3, 0.4) is 0 Å². The Kier molecular flexibility index (Phi) is 4.56. The van der Waals surface area contributed by atoms with Crippen molar-refractivity contribution >= 4 is 10.0 Å². The first-order valence-corrected chi connectivity index (χ1v) is 9.20. The van der Waals surface area contributed by atoms with Crippen LogP contribution in [0.5, 0.6) is 11.5 Å². The van der Waals surface area contributed by atoms with Gasteiger partial charge in [0.15, 0.2) is 11.5 Å². The molecule has 0 spiro atoms. The van der Waals surface area contributed by atoms with Gasteiger partial charge in [-0.1, -0.05) is 0 Å². The average Bonchev–Trinajstić information content (AvgIpc) is 2.74. The highest BCUT2D eigenvalue weighted by molar-refractivity contribution is 7.89. The monoisotopic (exact) mass is 326 g/mol. The molecule has 122 valence electrons. The lowest BCUT2D eigenvalue weighted by molar-refractivity contribution is 0.297. The Morgan fingerprint density at radius 1 is 1.18 bits per heavy atom. The van der Waals surface area contributed by atoms with Crippen molar-refractivity contribution < 1.29 is 17.9 Å². The molecule has 2 atom stereocenters. The largest absolute Gasteiger partial charge is 0.490 e. The second kappa shape index (κ2) is 6.44. The van der Waals surface area contributed by atoms with E-state index in [-0.39, 0.29) is 17.0 Å². The van der Waals surface area contributed by atoms with Gasteiger partial charge in [-0.2, -0.15) is 0 Å². The van der Waals surface area contributed by atoms with Crippen molar-refractivity contribution in [2.75, 3.05) is 19.8 Å². The second-order valence-corrected chi connectivity index (χ2v) is 7.49. The van der Waals surface area contributed by atoms with Gasteiger partial charge >= 0.3 is 0 Å². The van der Waals surface area contributed by atoms with Crippen LogP contribution in [0.2, 0.25) is 0 Å². The van der Waals surface area contributed by atoms with Crippen molar-refractivity contribution in [1.82, 2.24) is 10.0 Å². The van der Waals surface area contributed by atoms with Crippen LogP contribution >= 0.6 is 0 Å². The molecule has 2 aliphatic heterocycles. The Hall–Kier alpha value is -1.31. The van der Waals surface area contributed by atoms with E-state index in [1.807, 2.05) is 6.92 Å². The number of hydrogen-bond acceptors (Lipinski definition) is 5. The predicted molar refractivity (Wildman–Crippen MR) is 82.9 cm³/mol. The first kappa shape index (κ1) is 15.6. The molecule has 0 aromatic heterocycles. The minimum absolute atomic E-state index is 0.0882. The van der Waals surface area contributed by atoms with E-state index in [1.165, 1.54) is 0 Å². The number of piperidine rings is 1. The van der Waals surface area contributed by atoms with E-state index in [9.17, 15) is 8.42 Å². The quantitative estimate of drug-likeness (QED) is 0.875. The Labute approximate surface area is 131 Å². The fraction of sp³-hybridized carbons (Fsp3) is 0.600. The summed E-state index contributed by atoms with van der Waals surface area (Å²) < 4.78 is 39.1. The third-order valence-corrected chi connectivity index (χ3v) is 5.59. The van der Waals surface area contributed by atoms with Gasteiger partial charge in [0, 0.05) is 24.6 Å². The summed E-state index contributed by atoms with van der Waals surface area (Å²) in [6, 6.07) is 4.82. The maximum absolute atomic E-state index is 12.6. The Morgan fingerprint density at radius 2 is 1.95 bits per heavy atom. The van der Waals surface area contributed by atoms with E-state index < -0.39 is 10.0 Å². The SMILES string of the molecule is CC1NCCCC1NS(=O)(=O)c1ccc2c(c1)OCCCO2. The molecule has 0 amide bonds. The van der Waals surface area contributed by atoms with Gasteiger partial charge in [0.25, 0.3) is 0 Å². The van der Waals surface area contributed by atoms with Crippen LogP contribution in [0.4, 0.5) is 0 Å². The van der Waals surface area contributed by atoms with Crippen molar-refractivity contribution in [3.63, 3.8) is 0 Å². The molecule has 22 heavy (non-hydrogen) atoms. The first-order chi connectivity index (χ1) is 10.6. The normalized spacial score (nSPS) is 25.5. The van der Waals surface area contributed by atoms with Gasteiger partial charge in [0.2, 0.25) is 10.0 Å². The second-order valence-electron chi connectivity index (χ2n) is 5.77. The minimum Gasteiger partial charge on any atom is -0.490 e. The predicted octanol–water partition coefficient (Wildman–Crippen LogP) is 1.27. The van der Waals surface area contributed by atoms with E-state index in [0.717, 1.165) is 25.8 Å². The standard InChI is InChI=1S/C15H22N2O4S/c1-11-13(4-2-7-16-11)17-22(18,19)12-5-6-14-15(10-12)21-9-3-8-20-14/h5-6,10-11,13,16-17H,2-4,7-9H2,1H3. The smallest absolute Gasteiger partial charge is 0.241 e. The molecule has 7 heteroatoms. The summed E-state index contributed by atoms with van der Waals surface area (Å²) in [5.41, 5.74) is 0. The van der Waals surface area contributed by atoms with Crippen LogP contribution in [-0.4, -0.2) is 40.3 Å². The first-order valence-electron chi connectivity index (χ1n) is 7.72. The van der Waals surface area contributed by atoms with Gasteiger partial charge in [-0.15, -0.1) is 0 Å². The Morgan fingerprint density at radius 3 is 2.73 bits per heavy atom. The summed E-state index contributed by atoms with van der Waals surface area (Å²) in [6.07, 6.45) is 2.61. The number of rotatable bonds is 3. The molecule has 3 rings (SSSR count). The highest BCUT2D eigenvalue weighted by Gasteiger charge is 2.27. The number of fused-ring (bicyclic) bond motifs is 1. The molecule has 1 aromatic carbocycles. The number of benzene rings is 1. The zero-order chi connectivity index (χ0) is 15.6. The van der Waals surface area contributed by atoms with Crippen LogP contribution in [0, 0.1) is 0 Å². The number of ether oxygens (including phenoxy) is 2. The van der Waals surface area contributed by atoms with Gasteiger partial charge < -0.3 is 14.8 Å². The summed E-state index contributed by atoms with van der Waals surface area (Å²) in [6.45, 7) is 4.06. The van der Waals surface area contributed by atoms with Crippen LogP contribution in [-0.2, 0) is 10.0 Å². The van der Waals surface area contributed by atoms with Crippen molar-refractivity contribution in [1.29, 1.82) is 0 Å². The molecular weight excluding hydrogens is 304 g/mol. The summed E-state index contributed by atoms with van der Waals surface area (Å²) in [5.74, 6) is 1.10. The molecule has 1 saturated heterocycles. The van der Waals surface area contributed by atoms with Crippen LogP contribution < -0.4 is 19.5 Å². The molecule has 0 saturated carbocycles. The average molecular weight is 326 g/mol. The lowest BCUT2D eigenvalue weighted by atomic mass is 10.0. The van der Waals surface area contributed by atoms with Crippen LogP contribution in [0.1, 0.15) is 26.2 Å². The molecule has 6 nitrogen and oxygen atoms in total. The van der Waals surface area contributed by atoms with Crippen molar-refractivity contribution in [3.05, 3.63) is 18.2 Å². The zero-order valence-electron chi connectivity index (χ0n) is 12.7. The lowest BCUT2D eigenvalue weighted by Gasteiger charge is -2.30. The van der Waals surface area contributed by atoms with E-state index in [1.54, 1.807) is 18.2 Å². The Balaban J connectivity index is 1.81. The molecule has 0 aliphatic carbocycles. The number of sulfonamides is 1. The fourth-order valence-corrected chi connectivity index (χ4v) is 4.15. The van der Waals surface area contributed by atoms with Crippen molar-refractivity contribution in [2.24, 2.45) is 0 Å². The van der Waals surface area contributed by atoms with Gasteiger partial charge in [-0.25, -0.2) is 13.1 Å². The highest BCUT2D eigenvalue weighted by atomic mass is 32.2. The molecule has 2 aliphatic rings. The number of nitrogens with one attached hydrogen (secondary N) is 2. The molecule has 2 N–H and O–H groups in total. The lowest BCUT2D eigenvalue weighted by Crippen LogP contribution is -2.51. The maximum Gasteiger partial charge on any atom is 0.241 e. The van der Waals surface area contributed by atoms with Gasteiger partial charge in [-0.3, -0.25) is 0 Å². The van der Waals surface area contributed by atoms with Crippen LogP contribution in [0.25, 0.3) is 0 Å². The summed E-state index contributed by atoms with van der Waals surface area (Å²) in [7, 11) is -3.56. The molecule has 1 aromatic rings. The molecule has 2 unspecified atom stereocenters. The van der Waals surface area contributed by atoms with E-state index in [4.69, 9.17) is 9.47 Å². The summed E-state index contributed by atoms with van der Waals surface area (Å²) in [5, 5.41) is 3.29.